The zero-order valence-corrected chi connectivity index (χ0v) is 10.9. The number of benzene rings is 1. The number of halogens is 1. The van der Waals surface area contributed by atoms with Gasteiger partial charge in [-0.3, -0.25) is 9.78 Å². The van der Waals surface area contributed by atoms with Gasteiger partial charge in [-0.2, -0.15) is 0 Å². The Balaban J connectivity index is 2.26. The van der Waals surface area contributed by atoms with Crippen LogP contribution in [0.4, 0.5) is 0 Å². The smallest absolute Gasteiger partial charge is 0.253 e. The Morgan fingerprint density at radius 1 is 1.29 bits per heavy atom. The lowest BCUT2D eigenvalue weighted by molar-refractivity contribution is 0.0955. The Morgan fingerprint density at radius 2 is 2.12 bits per heavy atom. The second-order valence-electron chi connectivity index (χ2n) is 3.68. The van der Waals surface area contributed by atoms with Crippen molar-refractivity contribution >= 4 is 32.7 Å². The van der Waals surface area contributed by atoms with Gasteiger partial charge in [-0.25, -0.2) is 0 Å². The van der Waals surface area contributed by atoms with E-state index in [1.807, 2.05) is 24.3 Å². The first-order chi connectivity index (χ1) is 8.33. The van der Waals surface area contributed by atoms with E-state index in [0.717, 1.165) is 22.7 Å². The minimum absolute atomic E-state index is 0.0600. The van der Waals surface area contributed by atoms with Crippen LogP contribution < -0.4 is 5.32 Å². The topological polar surface area (TPSA) is 42.0 Å². The second kappa shape index (κ2) is 5.77. The van der Waals surface area contributed by atoms with Crippen LogP contribution in [0.25, 0.3) is 10.9 Å². The number of carbonyl (C=O) groups is 1. The third-order valence-corrected chi connectivity index (χ3v) is 3.03. The number of hydrogen-bond acceptors (Lipinski definition) is 2. The number of nitrogens with one attached hydrogen (secondary N) is 1. The summed E-state index contributed by atoms with van der Waals surface area (Å²) < 4.78 is 0. The monoisotopic (exact) mass is 292 g/mol. The van der Waals surface area contributed by atoms with E-state index in [4.69, 9.17) is 0 Å². The highest BCUT2D eigenvalue weighted by Gasteiger charge is 2.09. The van der Waals surface area contributed by atoms with Gasteiger partial charge in [-0.15, -0.1) is 0 Å². The molecular formula is C13H13BrN2O. The molecule has 0 saturated heterocycles. The van der Waals surface area contributed by atoms with Crippen LogP contribution in [0.1, 0.15) is 16.8 Å². The molecule has 0 unspecified atom stereocenters. The average Bonchev–Trinajstić information content (AvgIpc) is 2.38. The van der Waals surface area contributed by atoms with Crippen LogP contribution in [0, 0.1) is 0 Å². The fourth-order valence-corrected chi connectivity index (χ4v) is 1.93. The molecule has 1 aromatic carbocycles. The molecule has 1 heterocycles. The molecule has 0 fully saturated rings. The average molecular weight is 293 g/mol. The Labute approximate surface area is 108 Å². The first-order valence-corrected chi connectivity index (χ1v) is 6.63. The molecular weight excluding hydrogens is 280 g/mol. The lowest BCUT2D eigenvalue weighted by Crippen LogP contribution is -2.25. The van der Waals surface area contributed by atoms with E-state index >= 15 is 0 Å². The maximum absolute atomic E-state index is 12.0. The fraction of sp³-hybridized carbons (Fsp3) is 0.231. The van der Waals surface area contributed by atoms with E-state index in [-0.39, 0.29) is 5.91 Å². The van der Waals surface area contributed by atoms with Gasteiger partial charge in [0.05, 0.1) is 11.1 Å². The molecule has 17 heavy (non-hydrogen) atoms. The molecule has 1 aromatic heterocycles. The standard InChI is InChI=1S/C13H13BrN2O/c14-7-3-9-16-13(17)11-6-1-4-10-5-2-8-15-12(10)11/h1-2,4-6,8H,3,7,9H2,(H,16,17). The van der Waals surface area contributed by atoms with Crippen LogP contribution in [0.15, 0.2) is 36.5 Å². The van der Waals surface area contributed by atoms with Crippen LogP contribution in [0.3, 0.4) is 0 Å². The van der Waals surface area contributed by atoms with Crippen LogP contribution in [-0.4, -0.2) is 22.8 Å². The molecule has 0 saturated carbocycles. The summed E-state index contributed by atoms with van der Waals surface area (Å²) in [5.74, 6) is -0.0600. The zero-order valence-electron chi connectivity index (χ0n) is 9.32. The van der Waals surface area contributed by atoms with Crippen LogP contribution >= 0.6 is 15.9 Å². The Morgan fingerprint density at radius 3 is 2.94 bits per heavy atom. The van der Waals surface area contributed by atoms with E-state index in [2.05, 4.69) is 26.2 Å². The molecule has 2 rings (SSSR count). The van der Waals surface area contributed by atoms with Gasteiger partial charge < -0.3 is 5.32 Å². The van der Waals surface area contributed by atoms with Gasteiger partial charge in [-0.1, -0.05) is 34.1 Å². The summed E-state index contributed by atoms with van der Waals surface area (Å²) in [6.45, 7) is 0.674. The van der Waals surface area contributed by atoms with Crippen molar-refractivity contribution in [1.29, 1.82) is 0 Å². The van der Waals surface area contributed by atoms with Crippen LogP contribution in [0.2, 0.25) is 0 Å². The predicted molar refractivity (Wildman–Crippen MR) is 72.5 cm³/mol. The van der Waals surface area contributed by atoms with Gasteiger partial charge in [-0.05, 0) is 18.6 Å². The Bertz CT molecular complexity index is 522. The van der Waals surface area contributed by atoms with Gasteiger partial charge >= 0.3 is 0 Å². The minimum atomic E-state index is -0.0600. The number of alkyl halides is 1. The van der Waals surface area contributed by atoms with Crippen LogP contribution in [0.5, 0.6) is 0 Å². The molecule has 0 aliphatic carbocycles. The van der Waals surface area contributed by atoms with Crippen molar-refractivity contribution < 1.29 is 4.79 Å². The molecule has 1 N–H and O–H groups in total. The van der Waals surface area contributed by atoms with Gasteiger partial charge in [0.25, 0.3) is 5.91 Å². The summed E-state index contributed by atoms with van der Waals surface area (Å²) in [6, 6.07) is 9.46. The zero-order chi connectivity index (χ0) is 12.1. The molecule has 1 amide bonds. The van der Waals surface area contributed by atoms with E-state index < -0.39 is 0 Å². The number of rotatable bonds is 4. The summed E-state index contributed by atoms with van der Waals surface area (Å²) in [6.07, 6.45) is 2.63. The molecule has 0 aliphatic rings. The normalized spacial score (nSPS) is 10.4. The minimum Gasteiger partial charge on any atom is -0.352 e. The number of pyridine rings is 1. The van der Waals surface area contributed by atoms with E-state index in [9.17, 15) is 4.79 Å². The summed E-state index contributed by atoms with van der Waals surface area (Å²) in [4.78, 5) is 16.2. The highest BCUT2D eigenvalue weighted by atomic mass is 79.9. The van der Waals surface area contributed by atoms with Gasteiger partial charge in [0, 0.05) is 23.5 Å². The van der Waals surface area contributed by atoms with Crippen molar-refractivity contribution in [3.63, 3.8) is 0 Å². The molecule has 3 nitrogen and oxygen atoms in total. The molecule has 0 bridgehead atoms. The van der Waals surface area contributed by atoms with Crippen molar-refractivity contribution in [3.05, 3.63) is 42.1 Å². The van der Waals surface area contributed by atoms with E-state index in [1.165, 1.54) is 0 Å². The molecule has 0 atom stereocenters. The summed E-state index contributed by atoms with van der Waals surface area (Å²) in [5.41, 5.74) is 1.39. The molecule has 2 aromatic rings. The Hall–Kier alpha value is -1.42. The van der Waals surface area contributed by atoms with Crippen molar-refractivity contribution in [2.24, 2.45) is 0 Å². The highest BCUT2D eigenvalue weighted by molar-refractivity contribution is 9.09. The van der Waals surface area contributed by atoms with Gasteiger partial charge in [0.2, 0.25) is 0 Å². The summed E-state index contributed by atoms with van der Waals surface area (Å²) in [5, 5.41) is 4.76. The molecule has 0 radical (unpaired) electrons. The van der Waals surface area contributed by atoms with Crippen molar-refractivity contribution in [2.75, 3.05) is 11.9 Å². The second-order valence-corrected chi connectivity index (χ2v) is 4.47. The molecule has 0 spiro atoms. The lowest BCUT2D eigenvalue weighted by atomic mass is 10.1. The number of carbonyl (C=O) groups excluding carboxylic acids is 1. The van der Waals surface area contributed by atoms with Crippen molar-refractivity contribution in [1.82, 2.24) is 10.3 Å². The molecule has 4 heteroatoms. The predicted octanol–water partition coefficient (Wildman–Crippen LogP) is 2.75. The van der Waals surface area contributed by atoms with E-state index in [1.54, 1.807) is 12.3 Å². The number of para-hydroxylation sites is 1. The third kappa shape index (κ3) is 2.82. The summed E-state index contributed by atoms with van der Waals surface area (Å²) >= 11 is 3.33. The number of fused-ring (bicyclic) bond motifs is 1. The van der Waals surface area contributed by atoms with Crippen LogP contribution in [-0.2, 0) is 0 Å². The van der Waals surface area contributed by atoms with Crippen molar-refractivity contribution in [3.8, 4) is 0 Å². The first kappa shape index (κ1) is 12.0. The number of aromatic nitrogens is 1. The largest absolute Gasteiger partial charge is 0.352 e. The summed E-state index contributed by atoms with van der Waals surface area (Å²) in [7, 11) is 0. The van der Waals surface area contributed by atoms with E-state index in [0.29, 0.717) is 12.1 Å². The quantitative estimate of drug-likeness (QED) is 0.695. The maximum atomic E-state index is 12.0. The third-order valence-electron chi connectivity index (χ3n) is 2.47. The molecule has 0 aliphatic heterocycles. The fourth-order valence-electron chi connectivity index (χ4n) is 1.65. The maximum Gasteiger partial charge on any atom is 0.253 e. The number of hydrogen-bond donors (Lipinski definition) is 1. The molecule has 88 valence electrons. The lowest BCUT2D eigenvalue weighted by Gasteiger charge is -2.06. The van der Waals surface area contributed by atoms with Crippen molar-refractivity contribution in [2.45, 2.75) is 6.42 Å². The Kier molecular flexibility index (Phi) is 4.09. The number of amides is 1. The van der Waals surface area contributed by atoms with Gasteiger partial charge in [0.15, 0.2) is 0 Å². The highest BCUT2D eigenvalue weighted by Crippen LogP contribution is 2.15. The number of nitrogens with zero attached hydrogens (tertiary/aromatic N) is 1. The first-order valence-electron chi connectivity index (χ1n) is 5.51. The van der Waals surface area contributed by atoms with Gasteiger partial charge in [0.1, 0.15) is 0 Å². The SMILES string of the molecule is O=C(NCCCBr)c1cccc2cccnc12.